The number of nitrogens with zero attached hydrogens (tertiary/aromatic N) is 1. The van der Waals surface area contributed by atoms with Crippen molar-refractivity contribution in [2.45, 2.75) is 24.6 Å². The topological polar surface area (TPSA) is 75.4 Å². The van der Waals surface area contributed by atoms with Crippen LogP contribution < -0.4 is 10.5 Å². The average Bonchev–Trinajstić information content (AvgIpc) is 3.22. The third-order valence-electron chi connectivity index (χ3n) is 3.52. The van der Waals surface area contributed by atoms with Gasteiger partial charge in [0.15, 0.2) is 0 Å². The number of nitrogens with two attached hydrogens (primary N) is 1. The summed E-state index contributed by atoms with van der Waals surface area (Å²) in [6.07, 6.45) is 2.43. The van der Waals surface area contributed by atoms with Crippen molar-refractivity contribution in [3.8, 4) is 0 Å². The molecule has 0 aliphatic heterocycles. The number of nitrogens with one attached hydrogen (secondary N) is 1. The van der Waals surface area contributed by atoms with Crippen LogP contribution in [0, 0.1) is 0 Å². The van der Waals surface area contributed by atoms with E-state index >= 15 is 0 Å². The number of benzene rings is 1. The van der Waals surface area contributed by atoms with E-state index in [0.29, 0.717) is 23.7 Å². The Bertz CT molecular complexity index is 612. The third kappa shape index (κ3) is 5.35. The van der Waals surface area contributed by atoms with Gasteiger partial charge in [-0.25, -0.2) is 13.1 Å². The summed E-state index contributed by atoms with van der Waals surface area (Å²) < 4.78 is 26.7. The van der Waals surface area contributed by atoms with E-state index in [9.17, 15) is 8.42 Å². The Hall–Kier alpha value is -1.02. The predicted molar refractivity (Wildman–Crippen MR) is 88.6 cm³/mol. The number of hydrogen-bond donors (Lipinski definition) is 2. The lowest BCUT2D eigenvalue weighted by molar-refractivity contribution is 0.329. The summed E-state index contributed by atoms with van der Waals surface area (Å²) in [6.45, 7) is 1.17. The van der Waals surface area contributed by atoms with Gasteiger partial charge in [0, 0.05) is 24.7 Å². The predicted octanol–water partition coefficient (Wildman–Crippen LogP) is 0.834. The molecule has 1 aromatic rings. The van der Waals surface area contributed by atoms with Gasteiger partial charge in [0.25, 0.3) is 0 Å². The van der Waals surface area contributed by atoms with Gasteiger partial charge in [-0.1, -0.05) is 30.4 Å². The number of sulfonamides is 1. The highest BCUT2D eigenvalue weighted by atomic mass is 32.2. The maximum atomic E-state index is 12.1. The second kappa shape index (κ2) is 6.83. The first-order valence-electron chi connectivity index (χ1n) is 6.94. The van der Waals surface area contributed by atoms with Crippen LogP contribution in [0.4, 0.5) is 0 Å². The van der Waals surface area contributed by atoms with Gasteiger partial charge in [0.1, 0.15) is 4.99 Å². The second-order valence-corrected chi connectivity index (χ2v) is 7.68. The fourth-order valence-corrected chi connectivity index (χ4v) is 3.41. The van der Waals surface area contributed by atoms with E-state index in [-0.39, 0.29) is 10.7 Å². The molecule has 5 nitrogen and oxygen atoms in total. The first kappa shape index (κ1) is 16.4. The summed E-state index contributed by atoms with van der Waals surface area (Å²) in [4.78, 5) is 2.46. The smallest absolute Gasteiger partial charge is 0.215 e. The standard InChI is InChI=1S/C14H21N3O2S2/c1-17(13-5-6-13)8-7-16-21(18,19)10-11-3-2-4-12(9-11)14(15)20/h2-4,9,13,16H,5-8,10H2,1H3,(H2,15,20). The largest absolute Gasteiger partial charge is 0.389 e. The van der Waals surface area contributed by atoms with Crippen LogP contribution in [0.2, 0.25) is 0 Å². The fraction of sp³-hybridized carbons (Fsp3) is 0.500. The highest BCUT2D eigenvalue weighted by molar-refractivity contribution is 7.88. The Labute approximate surface area is 131 Å². The van der Waals surface area contributed by atoms with Gasteiger partial charge in [0.05, 0.1) is 5.75 Å². The van der Waals surface area contributed by atoms with E-state index in [1.165, 1.54) is 12.8 Å². The summed E-state index contributed by atoms with van der Waals surface area (Å²) in [7, 11) is -1.31. The van der Waals surface area contributed by atoms with Gasteiger partial charge in [-0.2, -0.15) is 0 Å². The second-order valence-electron chi connectivity index (χ2n) is 5.43. The summed E-state index contributed by atoms with van der Waals surface area (Å²) in [5, 5.41) is 0. The van der Waals surface area contributed by atoms with E-state index in [1.54, 1.807) is 24.3 Å². The van der Waals surface area contributed by atoms with Crippen LogP contribution in [-0.4, -0.2) is 44.5 Å². The minimum atomic E-state index is -3.34. The molecule has 2 rings (SSSR count). The maximum Gasteiger partial charge on any atom is 0.215 e. The number of hydrogen-bond acceptors (Lipinski definition) is 4. The number of likely N-dealkylation sites (N-methyl/N-ethyl adjacent to an activating group) is 1. The van der Waals surface area contributed by atoms with Crippen molar-refractivity contribution in [3.63, 3.8) is 0 Å². The Morgan fingerprint density at radius 1 is 1.48 bits per heavy atom. The zero-order valence-electron chi connectivity index (χ0n) is 12.1. The summed E-state index contributed by atoms with van der Waals surface area (Å²) in [5.74, 6) is -0.0589. The van der Waals surface area contributed by atoms with Crippen molar-refractivity contribution in [1.29, 1.82) is 0 Å². The van der Waals surface area contributed by atoms with Crippen LogP contribution >= 0.6 is 12.2 Å². The zero-order chi connectivity index (χ0) is 15.5. The van der Waals surface area contributed by atoms with E-state index in [2.05, 4.69) is 9.62 Å². The summed E-state index contributed by atoms with van der Waals surface area (Å²) in [6, 6.07) is 7.66. The van der Waals surface area contributed by atoms with Crippen molar-refractivity contribution < 1.29 is 8.42 Å². The van der Waals surface area contributed by atoms with Gasteiger partial charge in [-0.3, -0.25) is 0 Å². The molecule has 21 heavy (non-hydrogen) atoms. The van der Waals surface area contributed by atoms with Crippen LogP contribution in [0.5, 0.6) is 0 Å². The first-order chi connectivity index (χ1) is 9.87. The lowest BCUT2D eigenvalue weighted by Crippen LogP contribution is -2.34. The molecule has 0 heterocycles. The SMILES string of the molecule is CN(CCNS(=O)(=O)Cc1cccc(C(N)=S)c1)C1CC1. The first-order valence-corrected chi connectivity index (χ1v) is 9.00. The maximum absolute atomic E-state index is 12.1. The van der Waals surface area contributed by atoms with Crippen molar-refractivity contribution in [2.75, 3.05) is 20.1 Å². The molecule has 0 radical (unpaired) electrons. The van der Waals surface area contributed by atoms with Crippen LogP contribution in [-0.2, 0) is 15.8 Å². The summed E-state index contributed by atoms with van der Waals surface area (Å²) in [5.41, 5.74) is 6.92. The van der Waals surface area contributed by atoms with Crippen molar-refractivity contribution in [2.24, 2.45) is 5.73 Å². The van der Waals surface area contributed by atoms with E-state index in [1.807, 2.05) is 7.05 Å². The van der Waals surface area contributed by atoms with Gasteiger partial charge >= 0.3 is 0 Å². The minimum absolute atomic E-state index is 0.0589. The molecule has 3 N–H and O–H groups in total. The molecule has 7 heteroatoms. The van der Waals surface area contributed by atoms with Crippen molar-refractivity contribution >= 4 is 27.2 Å². The van der Waals surface area contributed by atoms with Gasteiger partial charge in [-0.05, 0) is 31.5 Å². The molecular weight excluding hydrogens is 306 g/mol. The molecule has 0 aromatic heterocycles. The van der Waals surface area contributed by atoms with Gasteiger partial charge in [0.2, 0.25) is 10.0 Å². The Morgan fingerprint density at radius 2 is 2.19 bits per heavy atom. The van der Waals surface area contributed by atoms with Crippen LogP contribution in [0.25, 0.3) is 0 Å². The molecule has 0 bridgehead atoms. The zero-order valence-corrected chi connectivity index (χ0v) is 13.7. The normalized spacial score (nSPS) is 15.3. The third-order valence-corrected chi connectivity index (χ3v) is 5.12. The van der Waals surface area contributed by atoms with Crippen LogP contribution in [0.1, 0.15) is 24.0 Å². The quantitative estimate of drug-likeness (QED) is 0.692. The average molecular weight is 327 g/mol. The molecule has 116 valence electrons. The molecule has 1 fully saturated rings. The minimum Gasteiger partial charge on any atom is -0.389 e. The molecule has 0 spiro atoms. The Balaban J connectivity index is 1.87. The molecule has 1 aromatic carbocycles. The monoisotopic (exact) mass is 327 g/mol. The van der Waals surface area contributed by atoms with E-state index in [4.69, 9.17) is 18.0 Å². The Morgan fingerprint density at radius 3 is 2.81 bits per heavy atom. The van der Waals surface area contributed by atoms with E-state index < -0.39 is 10.0 Å². The molecule has 0 unspecified atom stereocenters. The highest BCUT2D eigenvalue weighted by Gasteiger charge is 2.25. The molecule has 0 amide bonds. The molecule has 1 aliphatic carbocycles. The molecule has 0 saturated heterocycles. The number of rotatable bonds is 8. The lowest BCUT2D eigenvalue weighted by Gasteiger charge is -2.15. The summed E-state index contributed by atoms with van der Waals surface area (Å²) >= 11 is 4.90. The molecule has 1 saturated carbocycles. The van der Waals surface area contributed by atoms with Crippen LogP contribution in [0.3, 0.4) is 0 Å². The molecule has 0 atom stereocenters. The van der Waals surface area contributed by atoms with Crippen molar-refractivity contribution in [1.82, 2.24) is 9.62 Å². The van der Waals surface area contributed by atoms with Gasteiger partial charge in [-0.15, -0.1) is 0 Å². The molecular formula is C14H21N3O2S2. The fourth-order valence-electron chi connectivity index (χ4n) is 2.16. The number of thiocarbonyl (C=S) groups is 1. The van der Waals surface area contributed by atoms with E-state index in [0.717, 1.165) is 6.54 Å². The van der Waals surface area contributed by atoms with Gasteiger partial charge < -0.3 is 10.6 Å². The molecule has 1 aliphatic rings. The highest BCUT2D eigenvalue weighted by Crippen LogP contribution is 2.24. The Kier molecular flexibility index (Phi) is 5.32. The van der Waals surface area contributed by atoms with Crippen LogP contribution in [0.15, 0.2) is 24.3 Å². The lowest BCUT2D eigenvalue weighted by atomic mass is 10.1. The van der Waals surface area contributed by atoms with Crippen molar-refractivity contribution in [3.05, 3.63) is 35.4 Å².